The molecule has 0 unspecified atom stereocenters. The quantitative estimate of drug-likeness (QED) is 0.0807. The van der Waals surface area contributed by atoms with Gasteiger partial charge in [-0.2, -0.15) is 0 Å². The van der Waals surface area contributed by atoms with Gasteiger partial charge in [0.15, 0.2) is 0 Å². The lowest BCUT2D eigenvalue weighted by Gasteiger charge is -2.04. The van der Waals surface area contributed by atoms with Gasteiger partial charge < -0.3 is 5.11 Å². The largest absolute Gasteiger partial charge is 0.392 e. The summed E-state index contributed by atoms with van der Waals surface area (Å²) < 4.78 is 0. The lowest BCUT2D eigenvalue weighted by Crippen LogP contribution is -1.84. The molecule has 1 nitrogen and oxygen atoms in total. The van der Waals surface area contributed by atoms with Crippen LogP contribution in [0.1, 0.15) is 192 Å². The Kier molecular flexibility index (Phi) is 30.4. The van der Waals surface area contributed by atoms with Crippen molar-refractivity contribution >= 4 is 0 Å². The molecule has 0 spiro atoms. The Morgan fingerprint density at radius 3 is 0.569 bits per heavy atom. The van der Waals surface area contributed by atoms with Crippen molar-refractivity contribution in [3.05, 3.63) is 116 Å². The van der Waals surface area contributed by atoms with Crippen LogP contribution in [0.15, 0.2) is 116 Å². The molecule has 1 N–H and O–H groups in total. The number of aliphatic hydroxyl groups excluding tert-OH is 1. The third-order valence-electron chi connectivity index (χ3n) is 9.78. The van der Waals surface area contributed by atoms with E-state index in [4.69, 9.17) is 5.11 Å². The maximum Gasteiger partial charge on any atom is 0.0614 e. The summed E-state index contributed by atoms with van der Waals surface area (Å²) in [4.78, 5) is 0. The normalized spacial score (nSPS) is 14.9. The monoisotopic (exact) mass is 699 g/mol. The summed E-state index contributed by atoms with van der Waals surface area (Å²) in [7, 11) is 0. The molecule has 0 saturated carbocycles. The fraction of sp³-hybridized carbons (Fsp3) is 0.600. The van der Waals surface area contributed by atoms with Gasteiger partial charge in [0.05, 0.1) is 6.61 Å². The zero-order chi connectivity index (χ0) is 38.3. The molecule has 0 aromatic heterocycles. The van der Waals surface area contributed by atoms with Gasteiger partial charge in [0, 0.05) is 0 Å². The van der Waals surface area contributed by atoms with Crippen molar-refractivity contribution in [2.24, 2.45) is 0 Å². The molecule has 0 aliphatic heterocycles. The fourth-order valence-electron chi connectivity index (χ4n) is 6.03. The summed E-state index contributed by atoms with van der Waals surface area (Å²) in [5, 5.41) is 8.98. The summed E-state index contributed by atoms with van der Waals surface area (Å²) in [5.74, 6) is 0. The molecule has 288 valence electrons. The first-order valence-corrected chi connectivity index (χ1v) is 20.5. The minimum atomic E-state index is 0.150. The molecule has 0 aliphatic rings. The molecule has 0 radical (unpaired) electrons. The fourth-order valence-corrected chi connectivity index (χ4v) is 6.03. The van der Waals surface area contributed by atoms with E-state index in [1.165, 1.54) is 107 Å². The second kappa shape index (κ2) is 32.0. The highest BCUT2D eigenvalue weighted by atomic mass is 16.2. The maximum absolute atomic E-state index is 8.98. The molecule has 0 saturated heterocycles. The standard InChI is InChI=1S/C50H82O/c1-41(2)21-12-22-42(3)23-13-24-43(4)25-14-26-44(5)27-15-28-45(6)29-16-30-46(7)31-17-32-47(8)33-18-34-48(9)35-19-36-49(10)37-20-38-50(11)39-40-51/h21,23,25,27,29,31,33,35,37,39,51H,12-20,22,24,26,28,30,32,34,36,38,40H2,1-11H3/b42-23-,43-25-,44-27+,45-29+,46-31-,47-33+,48-35+,49-37+,50-39+. The molecule has 0 rings (SSSR count). The predicted octanol–water partition coefficient (Wildman–Crippen LogP) is 16.5. The van der Waals surface area contributed by atoms with Crippen LogP contribution in [0.25, 0.3) is 0 Å². The van der Waals surface area contributed by atoms with Crippen LogP contribution < -0.4 is 0 Å². The molecular formula is C50H82O. The molecule has 0 aromatic rings. The lowest BCUT2D eigenvalue weighted by molar-refractivity contribution is 0.341. The molecule has 1 heteroatoms. The molecule has 51 heavy (non-hydrogen) atoms. The Balaban J connectivity index is 4.24. The highest BCUT2D eigenvalue weighted by Gasteiger charge is 1.98. The van der Waals surface area contributed by atoms with Gasteiger partial charge in [0.1, 0.15) is 0 Å². The van der Waals surface area contributed by atoms with Crippen LogP contribution in [-0.2, 0) is 0 Å². The van der Waals surface area contributed by atoms with Crippen molar-refractivity contribution in [3.63, 3.8) is 0 Å². The van der Waals surface area contributed by atoms with E-state index in [0.717, 1.165) is 64.2 Å². The minimum Gasteiger partial charge on any atom is -0.392 e. The van der Waals surface area contributed by atoms with Crippen LogP contribution >= 0.6 is 0 Å². The molecule has 0 bridgehead atoms. The second-order valence-electron chi connectivity index (χ2n) is 15.8. The van der Waals surface area contributed by atoms with Crippen LogP contribution in [0.5, 0.6) is 0 Å². The number of hydrogen-bond acceptors (Lipinski definition) is 1. The van der Waals surface area contributed by atoms with Gasteiger partial charge in [-0.3, -0.25) is 0 Å². The maximum atomic E-state index is 8.98. The van der Waals surface area contributed by atoms with Gasteiger partial charge >= 0.3 is 0 Å². The first kappa shape index (κ1) is 48.4. The Morgan fingerprint density at radius 1 is 0.255 bits per heavy atom. The van der Waals surface area contributed by atoms with Crippen molar-refractivity contribution in [2.45, 2.75) is 192 Å². The van der Waals surface area contributed by atoms with E-state index in [1.807, 2.05) is 6.08 Å². The van der Waals surface area contributed by atoms with Crippen LogP contribution in [0.2, 0.25) is 0 Å². The topological polar surface area (TPSA) is 20.2 Å². The van der Waals surface area contributed by atoms with Crippen molar-refractivity contribution in [2.75, 3.05) is 6.61 Å². The average Bonchev–Trinajstić information content (AvgIpc) is 3.04. The number of allylic oxidation sites excluding steroid dienone is 19. The molecule has 0 amide bonds. The Bertz CT molecular complexity index is 1260. The highest BCUT2D eigenvalue weighted by Crippen LogP contribution is 2.18. The van der Waals surface area contributed by atoms with Gasteiger partial charge in [-0.05, 0) is 192 Å². The Morgan fingerprint density at radius 2 is 0.412 bits per heavy atom. The molecule has 0 aliphatic carbocycles. The number of rotatable bonds is 28. The predicted molar refractivity (Wildman–Crippen MR) is 233 cm³/mol. The summed E-state index contributed by atoms with van der Waals surface area (Å²) >= 11 is 0. The van der Waals surface area contributed by atoms with E-state index >= 15 is 0 Å². The third kappa shape index (κ3) is 33.0. The molecule has 0 fully saturated rings. The smallest absolute Gasteiger partial charge is 0.0614 e. The van der Waals surface area contributed by atoms with E-state index in [2.05, 4.69) is 131 Å². The second-order valence-corrected chi connectivity index (χ2v) is 15.8. The Hall–Kier alpha value is -2.64. The van der Waals surface area contributed by atoms with E-state index in [1.54, 1.807) is 0 Å². The highest BCUT2D eigenvalue weighted by molar-refractivity contribution is 5.11. The first-order chi connectivity index (χ1) is 24.3. The van der Waals surface area contributed by atoms with Crippen molar-refractivity contribution in [1.29, 1.82) is 0 Å². The van der Waals surface area contributed by atoms with Crippen LogP contribution in [-0.4, -0.2) is 11.7 Å². The van der Waals surface area contributed by atoms with Gasteiger partial charge in [-0.15, -0.1) is 0 Å². The van der Waals surface area contributed by atoms with Crippen LogP contribution in [0.3, 0.4) is 0 Å². The minimum absolute atomic E-state index is 0.150. The van der Waals surface area contributed by atoms with E-state index in [0.29, 0.717) is 0 Å². The van der Waals surface area contributed by atoms with Crippen molar-refractivity contribution in [3.8, 4) is 0 Å². The summed E-state index contributed by atoms with van der Waals surface area (Å²) in [6.45, 7) is 24.9. The summed E-state index contributed by atoms with van der Waals surface area (Å²) in [5.41, 5.74) is 14.8. The zero-order valence-electron chi connectivity index (χ0n) is 35.7. The number of aliphatic hydroxyl groups is 1. The van der Waals surface area contributed by atoms with Crippen molar-refractivity contribution in [1.82, 2.24) is 0 Å². The van der Waals surface area contributed by atoms with Gasteiger partial charge in [0.2, 0.25) is 0 Å². The first-order valence-electron chi connectivity index (χ1n) is 20.5. The SMILES string of the molecule is CC(C)=CCC/C(C)=C\CC/C(C)=C\CC/C(C)=C/CC/C(C)=C/CC/C(C)=C\CC/C(C)=C/CC/C(C)=C/CC/C(C)=C/CC/C(C)=C/CO. The molecule has 0 heterocycles. The summed E-state index contributed by atoms with van der Waals surface area (Å²) in [6.07, 6.45) is 44.5. The third-order valence-corrected chi connectivity index (χ3v) is 9.78. The average molecular weight is 699 g/mol. The Labute approximate surface area is 319 Å². The van der Waals surface area contributed by atoms with Crippen molar-refractivity contribution < 1.29 is 5.11 Å². The number of hydrogen-bond donors (Lipinski definition) is 1. The van der Waals surface area contributed by atoms with E-state index in [-0.39, 0.29) is 6.61 Å². The molecular weight excluding hydrogens is 617 g/mol. The molecule has 0 aromatic carbocycles. The van der Waals surface area contributed by atoms with Gasteiger partial charge in [-0.25, -0.2) is 0 Å². The van der Waals surface area contributed by atoms with Gasteiger partial charge in [0.25, 0.3) is 0 Å². The molecule has 0 atom stereocenters. The van der Waals surface area contributed by atoms with E-state index < -0.39 is 0 Å². The van der Waals surface area contributed by atoms with Crippen LogP contribution in [0.4, 0.5) is 0 Å². The van der Waals surface area contributed by atoms with Gasteiger partial charge in [-0.1, -0.05) is 116 Å². The lowest BCUT2D eigenvalue weighted by atomic mass is 10.0. The van der Waals surface area contributed by atoms with Crippen LogP contribution in [0, 0.1) is 0 Å². The zero-order valence-corrected chi connectivity index (χ0v) is 35.7. The summed E-state index contributed by atoms with van der Waals surface area (Å²) in [6, 6.07) is 0. The van der Waals surface area contributed by atoms with E-state index in [9.17, 15) is 0 Å².